The zero-order chi connectivity index (χ0) is 23.3. The summed E-state index contributed by atoms with van der Waals surface area (Å²) in [6, 6.07) is 11.6. The molecule has 1 atom stereocenters. The van der Waals surface area contributed by atoms with Gasteiger partial charge in [0.05, 0.1) is 16.6 Å². The Kier molecular flexibility index (Phi) is 7.18. The summed E-state index contributed by atoms with van der Waals surface area (Å²) < 4.78 is 44.2. The van der Waals surface area contributed by atoms with Gasteiger partial charge in [-0.3, -0.25) is 10.1 Å². The van der Waals surface area contributed by atoms with Gasteiger partial charge in [0.25, 0.3) is 5.69 Å². The lowest BCUT2D eigenvalue weighted by atomic mass is 10.1. The van der Waals surface area contributed by atoms with Crippen molar-refractivity contribution < 1.29 is 27.6 Å². The first-order valence-corrected chi connectivity index (χ1v) is 9.92. The lowest BCUT2D eigenvalue weighted by Crippen LogP contribution is -2.52. The van der Waals surface area contributed by atoms with Gasteiger partial charge in [0.2, 0.25) is 0 Å². The highest BCUT2D eigenvalue weighted by Gasteiger charge is 2.34. The molecular formula is C21H23F3N4O4. The molecule has 2 aromatic carbocycles. The highest BCUT2D eigenvalue weighted by atomic mass is 19.4. The molecule has 0 spiro atoms. The average molecular weight is 452 g/mol. The van der Waals surface area contributed by atoms with Crippen LogP contribution in [0.3, 0.4) is 0 Å². The molecule has 3 rings (SSSR count). The Morgan fingerprint density at radius 3 is 2.38 bits per heavy atom. The number of nitrogens with zero attached hydrogens (tertiary/aromatic N) is 3. The molecule has 1 unspecified atom stereocenters. The Labute approximate surface area is 182 Å². The number of alkyl halides is 3. The molecule has 2 aromatic rings. The summed E-state index contributed by atoms with van der Waals surface area (Å²) in [5.74, 6) is 0. The fourth-order valence-electron chi connectivity index (χ4n) is 3.56. The number of methoxy groups -OCH3 is 1. The normalized spacial score (nSPS) is 15.4. The van der Waals surface area contributed by atoms with Gasteiger partial charge in [-0.2, -0.15) is 13.2 Å². The number of benzene rings is 2. The highest BCUT2D eigenvalue weighted by Crippen LogP contribution is 2.36. The van der Waals surface area contributed by atoms with E-state index in [0.717, 1.165) is 17.7 Å². The van der Waals surface area contributed by atoms with Crippen LogP contribution >= 0.6 is 0 Å². The molecule has 32 heavy (non-hydrogen) atoms. The molecule has 0 aliphatic carbocycles. The van der Waals surface area contributed by atoms with E-state index < -0.39 is 22.4 Å². The molecule has 1 fully saturated rings. The summed E-state index contributed by atoms with van der Waals surface area (Å²) in [6.45, 7) is 1.32. The highest BCUT2D eigenvalue weighted by molar-refractivity contribution is 5.75. The van der Waals surface area contributed by atoms with E-state index in [0.29, 0.717) is 6.07 Å². The Morgan fingerprint density at radius 1 is 1.16 bits per heavy atom. The van der Waals surface area contributed by atoms with Crippen LogP contribution in [-0.2, 0) is 10.9 Å². The van der Waals surface area contributed by atoms with Gasteiger partial charge < -0.3 is 19.9 Å². The van der Waals surface area contributed by atoms with Crippen LogP contribution in [0.2, 0.25) is 0 Å². The monoisotopic (exact) mass is 452 g/mol. The summed E-state index contributed by atoms with van der Waals surface area (Å²) >= 11 is 0. The van der Waals surface area contributed by atoms with Crippen LogP contribution in [0.5, 0.6) is 0 Å². The minimum absolute atomic E-state index is 0.103. The third-order valence-corrected chi connectivity index (χ3v) is 5.30. The van der Waals surface area contributed by atoms with E-state index in [-0.39, 0.29) is 50.5 Å². The molecule has 11 heteroatoms. The number of hydrogen-bond acceptors (Lipinski definition) is 5. The molecule has 1 N–H and O–H groups in total. The number of carbonyl (C=O) groups excluding carboxylic acids is 1. The Bertz CT molecular complexity index is 948. The number of nitro benzene ring substituents is 1. The number of nitrogens with one attached hydrogen (secondary N) is 1. The summed E-state index contributed by atoms with van der Waals surface area (Å²) in [5, 5.41) is 14.2. The van der Waals surface area contributed by atoms with E-state index in [1.165, 1.54) is 0 Å². The maximum absolute atomic E-state index is 12.9. The number of rotatable bonds is 6. The second-order valence-corrected chi connectivity index (χ2v) is 7.25. The first kappa shape index (κ1) is 23.3. The predicted octanol–water partition coefficient (Wildman–Crippen LogP) is 3.83. The molecule has 0 radical (unpaired) electrons. The topological polar surface area (TPSA) is 88.0 Å². The molecule has 1 aliphatic rings. The molecule has 0 saturated carbocycles. The van der Waals surface area contributed by atoms with Crippen LogP contribution in [0, 0.1) is 10.1 Å². The maximum Gasteiger partial charge on any atom is 0.416 e. The Balaban J connectivity index is 1.60. The largest absolute Gasteiger partial charge is 0.416 e. The third kappa shape index (κ3) is 5.47. The molecule has 1 saturated heterocycles. The minimum atomic E-state index is -4.67. The standard InChI is InChI=1S/C21H23F3N4O4/c1-32-19(15-5-3-2-4-6-15)14-25-20(29)27-11-9-26(10-12-27)17-8-7-16(21(22,23)24)13-18(17)28(30)31/h2-8,13,19H,9-12,14H2,1H3,(H,25,29). The number of urea groups is 1. The first-order valence-electron chi connectivity index (χ1n) is 9.92. The van der Waals surface area contributed by atoms with Crippen molar-refractivity contribution in [3.8, 4) is 0 Å². The van der Waals surface area contributed by atoms with E-state index in [4.69, 9.17) is 4.74 Å². The van der Waals surface area contributed by atoms with E-state index in [9.17, 15) is 28.1 Å². The van der Waals surface area contributed by atoms with E-state index in [1.54, 1.807) is 16.9 Å². The van der Waals surface area contributed by atoms with Gasteiger partial charge in [0.15, 0.2) is 0 Å². The predicted molar refractivity (Wildman–Crippen MR) is 111 cm³/mol. The van der Waals surface area contributed by atoms with Crippen LogP contribution < -0.4 is 10.2 Å². The van der Waals surface area contributed by atoms with E-state index >= 15 is 0 Å². The second kappa shape index (κ2) is 9.86. The number of hydrogen-bond donors (Lipinski definition) is 1. The molecule has 2 amide bonds. The van der Waals surface area contributed by atoms with Gasteiger partial charge >= 0.3 is 12.2 Å². The van der Waals surface area contributed by atoms with Crippen LogP contribution in [0.25, 0.3) is 0 Å². The van der Waals surface area contributed by atoms with Crippen molar-refractivity contribution in [2.45, 2.75) is 12.3 Å². The summed E-state index contributed by atoms with van der Waals surface area (Å²) in [6.07, 6.45) is -4.98. The van der Waals surface area contributed by atoms with Crippen molar-refractivity contribution >= 4 is 17.4 Å². The lowest BCUT2D eigenvalue weighted by molar-refractivity contribution is -0.384. The van der Waals surface area contributed by atoms with Crippen molar-refractivity contribution in [2.75, 3.05) is 44.7 Å². The number of halogens is 3. The lowest BCUT2D eigenvalue weighted by Gasteiger charge is -2.36. The van der Waals surface area contributed by atoms with Crippen LogP contribution in [0.4, 0.5) is 29.3 Å². The summed E-state index contributed by atoms with van der Waals surface area (Å²) in [5.41, 5.74) is -0.651. The second-order valence-electron chi connectivity index (χ2n) is 7.25. The number of nitro groups is 1. The molecule has 8 nitrogen and oxygen atoms in total. The number of carbonyl (C=O) groups is 1. The van der Waals surface area contributed by atoms with Crippen LogP contribution in [0.1, 0.15) is 17.2 Å². The summed E-state index contributed by atoms with van der Waals surface area (Å²) in [4.78, 5) is 26.2. The molecule has 0 bridgehead atoms. The van der Waals surface area contributed by atoms with Crippen molar-refractivity contribution in [3.63, 3.8) is 0 Å². The molecule has 1 heterocycles. The van der Waals surface area contributed by atoms with Crippen molar-refractivity contribution in [3.05, 3.63) is 69.8 Å². The zero-order valence-electron chi connectivity index (χ0n) is 17.3. The quantitative estimate of drug-likeness (QED) is 0.532. The third-order valence-electron chi connectivity index (χ3n) is 5.30. The van der Waals surface area contributed by atoms with Gasteiger partial charge in [0, 0.05) is 45.9 Å². The summed E-state index contributed by atoms with van der Waals surface area (Å²) in [7, 11) is 1.56. The first-order chi connectivity index (χ1) is 15.2. The van der Waals surface area contributed by atoms with Crippen LogP contribution in [-0.4, -0.2) is 55.7 Å². The van der Waals surface area contributed by atoms with Gasteiger partial charge in [-0.25, -0.2) is 4.79 Å². The average Bonchev–Trinajstić information content (AvgIpc) is 2.79. The fourth-order valence-corrected chi connectivity index (χ4v) is 3.56. The molecule has 172 valence electrons. The van der Waals surface area contributed by atoms with Gasteiger partial charge in [-0.05, 0) is 17.7 Å². The number of piperazine rings is 1. The van der Waals surface area contributed by atoms with Gasteiger partial charge in [-0.15, -0.1) is 0 Å². The van der Waals surface area contributed by atoms with Crippen molar-refractivity contribution in [1.82, 2.24) is 10.2 Å². The van der Waals surface area contributed by atoms with E-state index in [1.807, 2.05) is 30.3 Å². The Morgan fingerprint density at radius 2 is 1.81 bits per heavy atom. The van der Waals surface area contributed by atoms with Gasteiger partial charge in [0.1, 0.15) is 5.69 Å². The molecular weight excluding hydrogens is 429 g/mol. The number of amides is 2. The number of anilines is 1. The fraction of sp³-hybridized carbons (Fsp3) is 0.381. The number of ether oxygens (including phenoxy) is 1. The smallest absolute Gasteiger partial charge is 0.375 e. The zero-order valence-corrected chi connectivity index (χ0v) is 17.3. The minimum Gasteiger partial charge on any atom is -0.375 e. The maximum atomic E-state index is 12.9. The van der Waals surface area contributed by atoms with Crippen molar-refractivity contribution in [1.29, 1.82) is 0 Å². The van der Waals surface area contributed by atoms with Crippen LogP contribution in [0.15, 0.2) is 48.5 Å². The Hall–Kier alpha value is -3.34. The van der Waals surface area contributed by atoms with Crippen molar-refractivity contribution in [2.24, 2.45) is 0 Å². The SMILES string of the molecule is COC(CNC(=O)N1CCN(c2ccc(C(F)(F)F)cc2[N+](=O)[O-])CC1)c1ccccc1. The molecule has 0 aromatic heterocycles. The van der Waals surface area contributed by atoms with Gasteiger partial charge in [-0.1, -0.05) is 30.3 Å². The van der Waals surface area contributed by atoms with E-state index in [2.05, 4.69) is 5.32 Å². The molecule has 1 aliphatic heterocycles.